The molecule has 0 radical (unpaired) electrons. The summed E-state index contributed by atoms with van der Waals surface area (Å²) in [6, 6.07) is 11.3. The van der Waals surface area contributed by atoms with Crippen LogP contribution in [0.25, 0.3) is 22.0 Å². The largest absolute Gasteiger partial charge is 0.370 e. The second kappa shape index (κ2) is 6.00. The second-order valence-corrected chi connectivity index (χ2v) is 5.22. The van der Waals surface area contributed by atoms with Gasteiger partial charge in [-0.1, -0.05) is 18.2 Å². The van der Waals surface area contributed by atoms with Gasteiger partial charge in [-0.3, -0.25) is 9.59 Å². The average molecular weight is 311 g/mol. The standard InChI is InChI=1S/C17H14FN3O2/c18-12-3-1-2-10(8-12)11-4-5-13-14(9-11)20-16(21-17(13)23)7-6-15(19)22/h1-5,8-9H,6-7H2,(H2,19,22)(H,20,21,23). The maximum absolute atomic E-state index is 13.4. The van der Waals surface area contributed by atoms with Crippen LogP contribution in [-0.4, -0.2) is 15.9 Å². The molecule has 1 heterocycles. The van der Waals surface area contributed by atoms with E-state index in [0.717, 1.165) is 5.56 Å². The molecule has 0 fully saturated rings. The predicted molar refractivity (Wildman–Crippen MR) is 85.3 cm³/mol. The molecular formula is C17H14FN3O2. The van der Waals surface area contributed by atoms with Crippen LogP contribution < -0.4 is 11.3 Å². The highest BCUT2D eigenvalue weighted by atomic mass is 19.1. The molecule has 3 aromatic rings. The number of nitrogens with one attached hydrogen (secondary N) is 1. The van der Waals surface area contributed by atoms with E-state index in [-0.39, 0.29) is 24.2 Å². The lowest BCUT2D eigenvalue weighted by molar-refractivity contribution is -0.118. The van der Waals surface area contributed by atoms with Gasteiger partial charge in [-0.2, -0.15) is 0 Å². The van der Waals surface area contributed by atoms with E-state index < -0.39 is 5.91 Å². The number of benzene rings is 2. The van der Waals surface area contributed by atoms with Crippen LogP contribution in [0.4, 0.5) is 4.39 Å². The van der Waals surface area contributed by atoms with Crippen molar-refractivity contribution in [2.75, 3.05) is 0 Å². The van der Waals surface area contributed by atoms with Crippen molar-refractivity contribution in [2.45, 2.75) is 12.8 Å². The normalized spacial score (nSPS) is 10.8. The number of hydrogen-bond acceptors (Lipinski definition) is 3. The molecule has 23 heavy (non-hydrogen) atoms. The van der Waals surface area contributed by atoms with E-state index in [1.54, 1.807) is 30.3 Å². The minimum atomic E-state index is -0.457. The van der Waals surface area contributed by atoms with Gasteiger partial charge in [0.15, 0.2) is 0 Å². The van der Waals surface area contributed by atoms with Crippen LogP contribution in [0.3, 0.4) is 0 Å². The highest BCUT2D eigenvalue weighted by Crippen LogP contribution is 2.23. The second-order valence-electron chi connectivity index (χ2n) is 5.22. The summed E-state index contributed by atoms with van der Waals surface area (Å²) in [7, 11) is 0. The molecule has 2 aromatic carbocycles. The monoisotopic (exact) mass is 311 g/mol. The van der Waals surface area contributed by atoms with Gasteiger partial charge >= 0.3 is 0 Å². The molecule has 0 aliphatic rings. The Kier molecular flexibility index (Phi) is 3.89. The Morgan fingerprint density at radius 1 is 1.17 bits per heavy atom. The zero-order valence-electron chi connectivity index (χ0n) is 12.2. The highest BCUT2D eigenvalue weighted by Gasteiger charge is 2.07. The molecule has 0 unspecified atom stereocenters. The van der Waals surface area contributed by atoms with Crippen molar-refractivity contribution < 1.29 is 9.18 Å². The number of carbonyl (C=O) groups is 1. The van der Waals surface area contributed by atoms with Gasteiger partial charge in [0, 0.05) is 12.8 Å². The maximum atomic E-state index is 13.4. The first-order valence-corrected chi connectivity index (χ1v) is 7.10. The number of primary amides is 1. The number of rotatable bonds is 4. The Hall–Kier alpha value is -3.02. The minimum Gasteiger partial charge on any atom is -0.370 e. The average Bonchev–Trinajstić information content (AvgIpc) is 2.52. The molecule has 3 rings (SSSR count). The lowest BCUT2D eigenvalue weighted by Crippen LogP contribution is -2.16. The molecule has 0 saturated heterocycles. The fourth-order valence-electron chi connectivity index (χ4n) is 2.40. The molecule has 0 atom stereocenters. The zero-order valence-corrected chi connectivity index (χ0v) is 12.2. The van der Waals surface area contributed by atoms with Gasteiger partial charge in [0.25, 0.3) is 5.56 Å². The first-order chi connectivity index (χ1) is 11.0. The maximum Gasteiger partial charge on any atom is 0.258 e. The van der Waals surface area contributed by atoms with Crippen molar-refractivity contribution in [1.29, 1.82) is 0 Å². The van der Waals surface area contributed by atoms with Gasteiger partial charge in [-0.05, 0) is 35.4 Å². The summed E-state index contributed by atoms with van der Waals surface area (Å²) in [6.07, 6.45) is 0.378. The Morgan fingerprint density at radius 3 is 2.70 bits per heavy atom. The van der Waals surface area contributed by atoms with Gasteiger partial charge < -0.3 is 10.7 Å². The third-order valence-corrected chi connectivity index (χ3v) is 3.52. The smallest absolute Gasteiger partial charge is 0.258 e. The van der Waals surface area contributed by atoms with E-state index in [1.807, 2.05) is 0 Å². The Balaban J connectivity index is 2.07. The Morgan fingerprint density at radius 2 is 1.96 bits per heavy atom. The molecule has 0 spiro atoms. The molecule has 1 amide bonds. The Bertz CT molecular complexity index is 950. The molecule has 1 aromatic heterocycles. The van der Waals surface area contributed by atoms with Gasteiger partial charge in [0.2, 0.25) is 5.91 Å². The van der Waals surface area contributed by atoms with Gasteiger partial charge in [0.05, 0.1) is 10.9 Å². The number of amides is 1. The number of aromatic nitrogens is 2. The van der Waals surface area contributed by atoms with Crippen molar-refractivity contribution >= 4 is 16.8 Å². The zero-order chi connectivity index (χ0) is 16.4. The molecule has 3 N–H and O–H groups in total. The summed E-state index contributed by atoms with van der Waals surface area (Å²) in [4.78, 5) is 29.9. The summed E-state index contributed by atoms with van der Waals surface area (Å²) >= 11 is 0. The summed E-state index contributed by atoms with van der Waals surface area (Å²) in [5, 5.41) is 0.438. The van der Waals surface area contributed by atoms with E-state index in [9.17, 15) is 14.0 Å². The third kappa shape index (κ3) is 3.26. The number of aromatic amines is 1. The third-order valence-electron chi connectivity index (χ3n) is 3.52. The van der Waals surface area contributed by atoms with Crippen molar-refractivity contribution in [1.82, 2.24) is 9.97 Å². The fourth-order valence-corrected chi connectivity index (χ4v) is 2.40. The molecule has 0 bridgehead atoms. The molecule has 5 nitrogen and oxygen atoms in total. The predicted octanol–water partition coefficient (Wildman–Crippen LogP) is 2.15. The topological polar surface area (TPSA) is 88.8 Å². The molecule has 0 saturated carbocycles. The van der Waals surface area contributed by atoms with Crippen LogP contribution in [0.1, 0.15) is 12.2 Å². The number of H-pyrrole nitrogens is 1. The van der Waals surface area contributed by atoms with Crippen molar-refractivity contribution in [3.63, 3.8) is 0 Å². The van der Waals surface area contributed by atoms with Gasteiger partial charge in [-0.25, -0.2) is 9.37 Å². The highest BCUT2D eigenvalue weighted by molar-refractivity contribution is 5.83. The van der Waals surface area contributed by atoms with Crippen LogP contribution in [0.2, 0.25) is 0 Å². The molecule has 0 aliphatic heterocycles. The number of halogens is 1. The van der Waals surface area contributed by atoms with E-state index in [0.29, 0.717) is 22.3 Å². The number of aryl methyl sites for hydroxylation is 1. The van der Waals surface area contributed by atoms with E-state index >= 15 is 0 Å². The van der Waals surface area contributed by atoms with Crippen LogP contribution in [-0.2, 0) is 11.2 Å². The summed E-state index contributed by atoms with van der Waals surface area (Å²) < 4.78 is 13.4. The van der Waals surface area contributed by atoms with Crippen molar-refractivity contribution in [3.05, 3.63) is 64.5 Å². The van der Waals surface area contributed by atoms with Gasteiger partial charge in [0.1, 0.15) is 11.6 Å². The van der Waals surface area contributed by atoms with Crippen LogP contribution in [0.15, 0.2) is 47.3 Å². The first-order valence-electron chi connectivity index (χ1n) is 7.10. The number of hydrogen-bond donors (Lipinski definition) is 2. The lowest BCUT2D eigenvalue weighted by atomic mass is 10.0. The number of fused-ring (bicyclic) bond motifs is 1. The first kappa shape index (κ1) is 14.9. The quantitative estimate of drug-likeness (QED) is 0.773. The van der Waals surface area contributed by atoms with E-state index in [2.05, 4.69) is 9.97 Å². The summed E-state index contributed by atoms with van der Waals surface area (Å²) in [6.45, 7) is 0. The van der Waals surface area contributed by atoms with Crippen LogP contribution in [0, 0.1) is 5.82 Å². The van der Waals surface area contributed by atoms with Crippen molar-refractivity contribution in [3.8, 4) is 11.1 Å². The van der Waals surface area contributed by atoms with Crippen LogP contribution in [0.5, 0.6) is 0 Å². The minimum absolute atomic E-state index is 0.109. The molecular weight excluding hydrogens is 297 g/mol. The van der Waals surface area contributed by atoms with Crippen molar-refractivity contribution in [2.24, 2.45) is 5.73 Å². The molecule has 6 heteroatoms. The van der Waals surface area contributed by atoms with Gasteiger partial charge in [-0.15, -0.1) is 0 Å². The number of carbonyl (C=O) groups excluding carboxylic acids is 1. The lowest BCUT2D eigenvalue weighted by Gasteiger charge is -2.05. The number of nitrogens with two attached hydrogens (primary N) is 1. The van der Waals surface area contributed by atoms with Crippen LogP contribution >= 0.6 is 0 Å². The summed E-state index contributed by atoms with van der Waals surface area (Å²) in [5.74, 6) is -0.387. The Labute approximate surface area is 131 Å². The molecule has 116 valence electrons. The SMILES string of the molecule is NC(=O)CCc1nc2cc(-c3cccc(F)c3)ccc2c(=O)[nH]1. The number of nitrogens with zero attached hydrogens (tertiary/aromatic N) is 1. The molecule has 0 aliphatic carbocycles. The van der Waals surface area contributed by atoms with E-state index in [4.69, 9.17) is 5.73 Å². The van der Waals surface area contributed by atoms with E-state index in [1.165, 1.54) is 12.1 Å². The fraction of sp³-hybridized carbons (Fsp3) is 0.118. The summed E-state index contributed by atoms with van der Waals surface area (Å²) in [5.41, 5.74) is 6.79.